The number of carboxylic acids is 1. The molecule has 1 fully saturated rings. The summed E-state index contributed by atoms with van der Waals surface area (Å²) < 4.78 is 28.8. The van der Waals surface area contributed by atoms with Crippen LogP contribution in [0, 0.1) is 11.3 Å². The fourth-order valence-corrected chi connectivity index (χ4v) is 4.60. The number of rotatable bonds is 15. The zero-order chi connectivity index (χ0) is 31.7. The van der Waals surface area contributed by atoms with Gasteiger partial charge in [-0.2, -0.15) is 0 Å². The fourth-order valence-electron chi connectivity index (χ4n) is 4.60. The van der Waals surface area contributed by atoms with Crippen LogP contribution in [0.15, 0.2) is 0 Å². The summed E-state index contributed by atoms with van der Waals surface area (Å²) in [6.45, 7) is 3.66. The van der Waals surface area contributed by atoms with Crippen LogP contribution in [0.2, 0.25) is 0 Å². The van der Waals surface area contributed by atoms with Gasteiger partial charge in [0.2, 0.25) is 17.7 Å². The maximum absolute atomic E-state index is 14.4. The Labute approximate surface area is 236 Å². The molecule has 4 atom stereocenters. The summed E-state index contributed by atoms with van der Waals surface area (Å²) in [5, 5.41) is 43.6. The van der Waals surface area contributed by atoms with Gasteiger partial charge < -0.3 is 47.5 Å². The van der Waals surface area contributed by atoms with Gasteiger partial charge in [0.25, 0.3) is 5.92 Å². The van der Waals surface area contributed by atoms with Gasteiger partial charge in [-0.05, 0) is 32.1 Å². The van der Waals surface area contributed by atoms with Crippen molar-refractivity contribution in [2.24, 2.45) is 17.4 Å². The van der Waals surface area contributed by atoms with E-state index in [1.165, 1.54) is 0 Å². The molecule has 0 spiro atoms. The Morgan fingerprint density at radius 2 is 1.68 bits per heavy atom. The van der Waals surface area contributed by atoms with Crippen molar-refractivity contribution in [3.05, 3.63) is 0 Å². The van der Waals surface area contributed by atoms with Crippen LogP contribution < -0.4 is 27.4 Å². The second kappa shape index (κ2) is 15.0. The molecule has 0 aromatic carbocycles. The Balaban J connectivity index is 3.36. The number of nitrogens with two attached hydrogens (primary N) is 2. The van der Waals surface area contributed by atoms with Crippen LogP contribution in [-0.4, -0.2) is 105 Å². The standard InChI is InChI=1S/C23H40BF2N7O8/c1-12(2)9-16(32-18(37)14(27)10-17(35)36)19(38)31-15(5-4-7-30-21(28)29)20(39)33-8-6-22(25,26)11-23(33,13(3)34)24(40)41/h12,14-16,40-41H,4-11,27H2,1-3H3,(H,31,38)(H,32,37)(H,35,36)(H4,28,29,30)/t14-,15-,16-,23?/m0/s1. The highest BCUT2D eigenvalue weighted by atomic mass is 19.3. The van der Waals surface area contributed by atoms with E-state index in [1.807, 2.05) is 0 Å². The molecule has 1 heterocycles. The average Bonchev–Trinajstić information content (AvgIpc) is 2.83. The van der Waals surface area contributed by atoms with Crippen molar-refractivity contribution in [1.29, 1.82) is 5.41 Å². The number of nitrogens with one attached hydrogen (secondary N) is 4. The Morgan fingerprint density at radius 1 is 1.10 bits per heavy atom. The van der Waals surface area contributed by atoms with Crippen molar-refractivity contribution < 1.29 is 47.9 Å². The van der Waals surface area contributed by atoms with Gasteiger partial charge in [0, 0.05) is 25.9 Å². The number of carboxylic acid groups (broad SMARTS) is 1. The molecule has 232 valence electrons. The van der Waals surface area contributed by atoms with Crippen LogP contribution in [0.25, 0.3) is 0 Å². The lowest BCUT2D eigenvalue weighted by Gasteiger charge is -2.48. The number of alkyl halides is 2. The van der Waals surface area contributed by atoms with E-state index < -0.39 is 91.9 Å². The molecule has 15 nitrogen and oxygen atoms in total. The third-order valence-corrected chi connectivity index (χ3v) is 6.68. The number of carbonyl (C=O) groups is 5. The molecule has 0 aromatic heterocycles. The van der Waals surface area contributed by atoms with Crippen molar-refractivity contribution in [2.75, 3.05) is 13.1 Å². The molecule has 41 heavy (non-hydrogen) atoms. The van der Waals surface area contributed by atoms with Crippen LogP contribution in [0.1, 0.15) is 59.3 Å². The normalized spacial score (nSPS) is 20.4. The van der Waals surface area contributed by atoms with E-state index >= 15 is 0 Å². The first kappa shape index (κ1) is 35.7. The topological polar surface area (TPSA) is 261 Å². The molecule has 18 heteroatoms. The lowest BCUT2D eigenvalue weighted by Crippen LogP contribution is -2.72. The van der Waals surface area contributed by atoms with Gasteiger partial charge in [0.15, 0.2) is 11.7 Å². The first-order chi connectivity index (χ1) is 18.8. The molecule has 1 aliphatic heterocycles. The number of halogens is 2. The summed E-state index contributed by atoms with van der Waals surface area (Å²) in [5.41, 5.74) is 8.17. The van der Waals surface area contributed by atoms with Crippen molar-refractivity contribution >= 4 is 42.6 Å². The third kappa shape index (κ3) is 10.2. The molecule has 1 aliphatic rings. The van der Waals surface area contributed by atoms with Gasteiger partial charge in [-0.15, -0.1) is 0 Å². The van der Waals surface area contributed by atoms with E-state index in [2.05, 4.69) is 16.0 Å². The minimum Gasteiger partial charge on any atom is -0.481 e. The fraction of sp³-hybridized carbons (Fsp3) is 0.739. The zero-order valence-electron chi connectivity index (χ0n) is 23.3. The summed E-state index contributed by atoms with van der Waals surface area (Å²) >= 11 is 0. The zero-order valence-corrected chi connectivity index (χ0v) is 23.3. The van der Waals surface area contributed by atoms with E-state index in [-0.39, 0.29) is 37.7 Å². The molecular formula is C23H40BF2N7O8. The molecule has 0 bridgehead atoms. The van der Waals surface area contributed by atoms with Gasteiger partial charge in [0.1, 0.15) is 17.5 Å². The van der Waals surface area contributed by atoms with Crippen LogP contribution >= 0.6 is 0 Å². The number of nitrogens with zero attached hydrogens (tertiary/aromatic N) is 1. The molecule has 1 rings (SSSR count). The lowest BCUT2D eigenvalue weighted by atomic mass is 9.57. The van der Waals surface area contributed by atoms with Crippen LogP contribution in [0.4, 0.5) is 8.78 Å². The van der Waals surface area contributed by atoms with Crippen LogP contribution in [0.3, 0.4) is 0 Å². The predicted octanol–water partition coefficient (Wildman–Crippen LogP) is -2.34. The molecule has 1 saturated heterocycles. The second-order valence-corrected chi connectivity index (χ2v) is 10.6. The molecule has 3 amide bonds. The third-order valence-electron chi connectivity index (χ3n) is 6.68. The summed E-state index contributed by atoms with van der Waals surface area (Å²) in [4.78, 5) is 63.6. The number of amides is 3. The van der Waals surface area contributed by atoms with Crippen molar-refractivity contribution in [3.8, 4) is 0 Å². The number of carbonyl (C=O) groups excluding carboxylic acids is 4. The number of aliphatic carboxylic acids is 1. The second-order valence-electron chi connectivity index (χ2n) is 10.6. The quantitative estimate of drug-likeness (QED) is 0.0422. The number of hydrogen-bond donors (Lipinski definition) is 9. The summed E-state index contributed by atoms with van der Waals surface area (Å²) in [7, 11) is -2.66. The molecule has 0 aromatic rings. The smallest absolute Gasteiger partial charge is 0.481 e. The Bertz CT molecular complexity index is 1000. The number of Topliss-reactive ketones (excluding diaryl/α,β-unsaturated/α-hetero) is 1. The Hall–Kier alpha value is -3.38. The van der Waals surface area contributed by atoms with Crippen LogP contribution in [0.5, 0.6) is 0 Å². The largest absolute Gasteiger partial charge is 0.487 e. The van der Waals surface area contributed by atoms with E-state index in [0.717, 1.165) is 6.92 Å². The van der Waals surface area contributed by atoms with Gasteiger partial charge in [0.05, 0.1) is 12.5 Å². The summed E-state index contributed by atoms with van der Waals surface area (Å²) in [5.74, 6) is -9.32. The lowest BCUT2D eigenvalue weighted by molar-refractivity contribution is -0.160. The molecule has 0 aliphatic carbocycles. The van der Waals surface area contributed by atoms with E-state index in [0.29, 0.717) is 4.90 Å². The molecule has 1 unspecified atom stereocenters. The monoisotopic (exact) mass is 591 g/mol. The van der Waals surface area contributed by atoms with Crippen LogP contribution in [-0.2, 0) is 24.0 Å². The summed E-state index contributed by atoms with van der Waals surface area (Å²) in [6.07, 6.45) is -2.93. The van der Waals surface area contributed by atoms with Gasteiger partial charge in [-0.3, -0.25) is 29.4 Å². The number of hydrogen-bond acceptors (Lipinski definition) is 9. The summed E-state index contributed by atoms with van der Waals surface area (Å²) in [6, 6.07) is -4.23. The van der Waals surface area contributed by atoms with Crippen molar-refractivity contribution in [1.82, 2.24) is 20.9 Å². The van der Waals surface area contributed by atoms with E-state index in [9.17, 15) is 42.8 Å². The highest BCUT2D eigenvalue weighted by Gasteiger charge is 2.61. The SMILES string of the molecule is CC(=O)C1(B(O)O)CC(F)(F)CCN1C(=O)[C@H](CCCNC(=N)N)NC(=O)[C@H](CC(C)C)NC(=O)[C@@H](N)CC(=O)O. The maximum atomic E-state index is 14.4. The Morgan fingerprint density at radius 3 is 2.17 bits per heavy atom. The van der Waals surface area contributed by atoms with Gasteiger partial charge in [-0.25, -0.2) is 8.78 Å². The number of ketones is 1. The van der Waals surface area contributed by atoms with Gasteiger partial charge in [-0.1, -0.05) is 13.8 Å². The molecule has 0 saturated carbocycles. The van der Waals surface area contributed by atoms with Crippen molar-refractivity contribution in [2.45, 2.75) is 88.8 Å². The number of likely N-dealkylation sites (tertiary alicyclic amines) is 1. The molecule has 0 radical (unpaired) electrons. The Kier molecular flexibility index (Phi) is 13.1. The van der Waals surface area contributed by atoms with Crippen molar-refractivity contribution in [3.63, 3.8) is 0 Å². The minimum atomic E-state index is -3.49. The highest BCUT2D eigenvalue weighted by Crippen LogP contribution is 2.40. The maximum Gasteiger partial charge on any atom is 0.487 e. The van der Waals surface area contributed by atoms with E-state index in [4.69, 9.17) is 22.0 Å². The van der Waals surface area contributed by atoms with E-state index in [1.54, 1.807) is 13.8 Å². The molecular weight excluding hydrogens is 551 g/mol. The first-order valence-corrected chi connectivity index (χ1v) is 13.1. The highest BCUT2D eigenvalue weighted by molar-refractivity contribution is 6.53. The number of piperidine rings is 1. The first-order valence-electron chi connectivity index (χ1n) is 13.1. The minimum absolute atomic E-state index is 0.0485. The predicted molar refractivity (Wildman–Crippen MR) is 142 cm³/mol. The number of guanidine groups is 1. The van der Waals surface area contributed by atoms with Gasteiger partial charge >= 0.3 is 13.1 Å². The molecule has 11 N–H and O–H groups in total. The average molecular weight is 591 g/mol.